The Morgan fingerprint density at radius 2 is 1.67 bits per heavy atom. The number of H-pyrrole nitrogens is 1. The van der Waals surface area contributed by atoms with Crippen molar-refractivity contribution in [3.05, 3.63) is 120 Å². The largest absolute Gasteiger partial charge is 0.329 e. The minimum Gasteiger partial charge on any atom is -0.303 e. The zero-order valence-electron chi connectivity index (χ0n) is 19.7. The molecule has 1 aromatic heterocycles. The molecule has 2 N–H and O–H groups in total. The number of aromatic amines is 1. The number of amides is 3. The topological polar surface area (TPSA) is 130 Å². The highest BCUT2D eigenvalue weighted by molar-refractivity contribution is 6.36. The second-order valence-corrected chi connectivity index (χ2v) is 9.29. The van der Waals surface area contributed by atoms with Crippen LogP contribution in [0.15, 0.2) is 77.2 Å². The number of halogens is 3. The summed E-state index contributed by atoms with van der Waals surface area (Å²) >= 11 is 12.4. The molecule has 10 nitrogen and oxygen atoms in total. The lowest BCUT2D eigenvalue weighted by molar-refractivity contribution is -0.384. The maximum absolute atomic E-state index is 13.6. The molecule has 0 atom stereocenters. The molecular formula is C26H16Cl2FN5O5. The highest BCUT2D eigenvalue weighted by atomic mass is 35.5. The molecule has 1 saturated heterocycles. The number of nitrogens with zero attached hydrogens (tertiary/aromatic N) is 3. The summed E-state index contributed by atoms with van der Waals surface area (Å²) in [5, 5.41) is 17.0. The van der Waals surface area contributed by atoms with Crippen LogP contribution in [0.5, 0.6) is 0 Å². The van der Waals surface area contributed by atoms with Crippen molar-refractivity contribution in [1.29, 1.82) is 0 Å². The van der Waals surface area contributed by atoms with Crippen LogP contribution in [0.2, 0.25) is 10.0 Å². The Morgan fingerprint density at radius 1 is 0.974 bits per heavy atom. The number of aromatic nitrogens is 2. The standard InChI is InChI=1S/C26H16Cl2FN5O5/c27-15-3-10-19(21(28)11-15)23-20(24(35)33(31-23)17-6-8-18(9-7-17)34(38)39)12-22-25(36)32(26(37)30-22)13-14-1-4-16(29)5-2-14/h1-12,31H,13H2,(H,30,37)/b22-12-. The van der Waals surface area contributed by atoms with Crippen molar-refractivity contribution in [2.75, 3.05) is 0 Å². The molecular weight excluding hydrogens is 552 g/mol. The molecule has 0 radical (unpaired) electrons. The van der Waals surface area contributed by atoms with Gasteiger partial charge in [0, 0.05) is 22.7 Å². The van der Waals surface area contributed by atoms with E-state index in [0.29, 0.717) is 16.1 Å². The molecule has 0 unspecified atom stereocenters. The van der Waals surface area contributed by atoms with Crippen molar-refractivity contribution in [2.45, 2.75) is 6.54 Å². The highest BCUT2D eigenvalue weighted by Gasteiger charge is 2.34. The Labute approximate surface area is 229 Å². The molecule has 0 spiro atoms. The number of nitro benzene ring substituents is 1. The first-order valence-electron chi connectivity index (χ1n) is 11.3. The number of imide groups is 1. The Bertz CT molecular complexity index is 1730. The van der Waals surface area contributed by atoms with Gasteiger partial charge in [-0.3, -0.25) is 29.7 Å². The molecule has 3 aromatic carbocycles. The van der Waals surface area contributed by atoms with Crippen LogP contribution in [0.4, 0.5) is 14.9 Å². The Kier molecular flexibility index (Phi) is 6.77. The first kappa shape index (κ1) is 25.9. The normalized spacial score (nSPS) is 14.2. The van der Waals surface area contributed by atoms with Gasteiger partial charge in [0.1, 0.15) is 11.5 Å². The lowest BCUT2D eigenvalue weighted by Gasteiger charge is -2.11. The highest BCUT2D eigenvalue weighted by Crippen LogP contribution is 2.32. The van der Waals surface area contributed by atoms with Gasteiger partial charge in [0.15, 0.2) is 0 Å². The number of carbonyl (C=O) groups is 2. The van der Waals surface area contributed by atoms with Gasteiger partial charge >= 0.3 is 6.03 Å². The van der Waals surface area contributed by atoms with Gasteiger partial charge in [-0.1, -0.05) is 35.3 Å². The minimum absolute atomic E-state index is 0.00939. The van der Waals surface area contributed by atoms with Gasteiger partial charge in [-0.15, -0.1) is 0 Å². The molecule has 13 heteroatoms. The zero-order chi connectivity index (χ0) is 27.8. The predicted molar refractivity (Wildman–Crippen MR) is 142 cm³/mol. The molecule has 1 aliphatic rings. The number of carbonyl (C=O) groups excluding carboxylic acids is 2. The third-order valence-corrected chi connectivity index (χ3v) is 6.50. The van der Waals surface area contributed by atoms with Gasteiger partial charge in [-0.2, -0.15) is 0 Å². The second-order valence-electron chi connectivity index (χ2n) is 8.44. The van der Waals surface area contributed by atoms with Crippen molar-refractivity contribution in [1.82, 2.24) is 20.0 Å². The average Bonchev–Trinajstić information content (AvgIpc) is 3.36. The van der Waals surface area contributed by atoms with E-state index in [2.05, 4.69) is 10.4 Å². The molecule has 5 rings (SSSR count). The number of nitrogens with one attached hydrogen (secondary N) is 2. The van der Waals surface area contributed by atoms with E-state index in [4.69, 9.17) is 23.2 Å². The van der Waals surface area contributed by atoms with Crippen LogP contribution in [-0.4, -0.2) is 31.5 Å². The van der Waals surface area contributed by atoms with Gasteiger partial charge in [0.05, 0.1) is 33.4 Å². The van der Waals surface area contributed by atoms with Crippen molar-refractivity contribution in [3.8, 4) is 16.9 Å². The van der Waals surface area contributed by atoms with Crippen LogP contribution in [-0.2, 0) is 11.3 Å². The maximum Gasteiger partial charge on any atom is 0.329 e. The van der Waals surface area contributed by atoms with Crippen molar-refractivity contribution in [2.24, 2.45) is 0 Å². The van der Waals surface area contributed by atoms with E-state index < -0.39 is 28.2 Å². The van der Waals surface area contributed by atoms with E-state index in [0.717, 1.165) is 9.58 Å². The predicted octanol–water partition coefficient (Wildman–Crippen LogP) is 5.28. The number of rotatable bonds is 6. The summed E-state index contributed by atoms with van der Waals surface area (Å²) in [6.07, 6.45) is 1.23. The molecule has 39 heavy (non-hydrogen) atoms. The second kappa shape index (κ2) is 10.2. The van der Waals surface area contributed by atoms with Crippen LogP contribution in [0.1, 0.15) is 11.1 Å². The summed E-state index contributed by atoms with van der Waals surface area (Å²) < 4.78 is 14.4. The molecule has 1 fully saturated rings. The van der Waals surface area contributed by atoms with Gasteiger partial charge in [-0.25, -0.2) is 13.9 Å². The lowest BCUT2D eigenvalue weighted by Crippen LogP contribution is -2.30. The van der Waals surface area contributed by atoms with E-state index in [-0.39, 0.29) is 39.9 Å². The van der Waals surface area contributed by atoms with Gasteiger partial charge in [0.25, 0.3) is 17.2 Å². The Hall–Kier alpha value is -4.74. The van der Waals surface area contributed by atoms with Crippen molar-refractivity contribution >= 4 is 46.9 Å². The van der Waals surface area contributed by atoms with Gasteiger partial charge < -0.3 is 5.32 Å². The van der Waals surface area contributed by atoms with E-state index in [9.17, 15) is 28.9 Å². The van der Waals surface area contributed by atoms with E-state index in [1.165, 1.54) is 60.7 Å². The lowest BCUT2D eigenvalue weighted by atomic mass is 10.1. The smallest absolute Gasteiger partial charge is 0.303 e. The summed E-state index contributed by atoms with van der Waals surface area (Å²) in [7, 11) is 0. The number of benzene rings is 3. The third kappa shape index (κ3) is 5.05. The monoisotopic (exact) mass is 567 g/mol. The first-order chi connectivity index (χ1) is 18.6. The Morgan fingerprint density at radius 3 is 2.31 bits per heavy atom. The number of hydrogen-bond donors (Lipinski definition) is 2. The number of hydrogen-bond acceptors (Lipinski definition) is 5. The fourth-order valence-electron chi connectivity index (χ4n) is 4.02. The summed E-state index contributed by atoms with van der Waals surface area (Å²) in [4.78, 5) is 50.7. The Balaban J connectivity index is 1.59. The van der Waals surface area contributed by atoms with Gasteiger partial charge in [-0.05, 0) is 54.1 Å². The van der Waals surface area contributed by atoms with Crippen LogP contribution in [0.25, 0.3) is 23.0 Å². The fourth-order valence-corrected chi connectivity index (χ4v) is 4.52. The summed E-state index contributed by atoms with van der Waals surface area (Å²) in [6, 6.07) is 14.5. The number of urea groups is 1. The summed E-state index contributed by atoms with van der Waals surface area (Å²) in [6.45, 7) is -0.113. The quantitative estimate of drug-likeness (QED) is 0.142. The molecule has 0 saturated carbocycles. The summed E-state index contributed by atoms with van der Waals surface area (Å²) in [5.41, 5.74) is 0.444. The molecule has 1 aliphatic heterocycles. The third-order valence-electron chi connectivity index (χ3n) is 5.95. The average molecular weight is 568 g/mol. The van der Waals surface area contributed by atoms with E-state index in [1.54, 1.807) is 12.1 Å². The SMILES string of the molecule is O=C1N/C(=C\c2c(-c3ccc(Cl)cc3Cl)[nH]n(-c3ccc([N+](=O)[O-])cc3)c2=O)C(=O)N1Cc1ccc(F)cc1. The van der Waals surface area contributed by atoms with E-state index in [1.807, 2.05) is 0 Å². The molecule has 0 bridgehead atoms. The molecule has 3 amide bonds. The zero-order valence-corrected chi connectivity index (χ0v) is 21.2. The van der Waals surface area contributed by atoms with Crippen LogP contribution >= 0.6 is 23.2 Å². The van der Waals surface area contributed by atoms with Crippen LogP contribution < -0.4 is 10.9 Å². The molecule has 0 aliphatic carbocycles. The summed E-state index contributed by atoms with van der Waals surface area (Å²) in [5.74, 6) is -1.15. The van der Waals surface area contributed by atoms with Crippen molar-refractivity contribution < 1.29 is 18.9 Å². The molecule has 196 valence electrons. The van der Waals surface area contributed by atoms with E-state index >= 15 is 0 Å². The molecule has 4 aromatic rings. The molecule has 2 heterocycles. The van der Waals surface area contributed by atoms with Crippen LogP contribution in [0, 0.1) is 15.9 Å². The van der Waals surface area contributed by atoms with Crippen LogP contribution in [0.3, 0.4) is 0 Å². The fraction of sp³-hybridized carbons (Fsp3) is 0.0385. The minimum atomic E-state index is -0.715. The number of non-ortho nitro benzene ring substituents is 1. The van der Waals surface area contributed by atoms with Gasteiger partial charge in [0.2, 0.25) is 0 Å². The first-order valence-corrected chi connectivity index (χ1v) is 12.0. The van der Waals surface area contributed by atoms with Crippen molar-refractivity contribution in [3.63, 3.8) is 0 Å². The maximum atomic E-state index is 13.6. The number of nitro groups is 1.